The Labute approximate surface area is 205 Å². The fourth-order valence-corrected chi connectivity index (χ4v) is 3.60. The zero-order chi connectivity index (χ0) is 23.8. The van der Waals surface area contributed by atoms with Crippen molar-refractivity contribution < 1.29 is 14.3 Å². The molecule has 32 heavy (non-hydrogen) atoms. The molecule has 0 saturated carbocycles. The maximum absolute atomic E-state index is 13.1. The number of benzene rings is 2. The minimum atomic E-state index is -0.689. The van der Waals surface area contributed by atoms with E-state index in [4.69, 9.17) is 39.5 Å². The van der Waals surface area contributed by atoms with Gasteiger partial charge in [0.15, 0.2) is 6.61 Å². The molecule has 8 heteroatoms. The molecule has 0 heterocycles. The normalized spacial score (nSPS) is 11.7. The standard InChI is InChI=1S/C24H29Cl3N2O3/c1-5-6-9-28-24(31)17(4)29(13-18-7-8-20(25)21(26)12-18)22(30)14-32-19-10-15(2)23(27)16(3)11-19/h7-8,10-12,17H,5-6,9,13-14H2,1-4H3,(H,28,31)/t17-/m1/s1. The van der Waals surface area contributed by atoms with Gasteiger partial charge in [0.25, 0.3) is 5.91 Å². The zero-order valence-electron chi connectivity index (χ0n) is 18.8. The molecule has 0 spiro atoms. The van der Waals surface area contributed by atoms with Crippen LogP contribution in [0.25, 0.3) is 0 Å². The van der Waals surface area contributed by atoms with E-state index in [-0.39, 0.29) is 25.0 Å². The number of nitrogens with one attached hydrogen (secondary N) is 1. The van der Waals surface area contributed by atoms with Gasteiger partial charge in [-0.15, -0.1) is 0 Å². The van der Waals surface area contributed by atoms with Crippen LogP contribution in [0.3, 0.4) is 0 Å². The Hall–Kier alpha value is -1.95. The number of hydrogen-bond donors (Lipinski definition) is 1. The van der Waals surface area contributed by atoms with E-state index >= 15 is 0 Å². The van der Waals surface area contributed by atoms with Crippen LogP contribution in [0.15, 0.2) is 30.3 Å². The highest BCUT2D eigenvalue weighted by atomic mass is 35.5. The Morgan fingerprint density at radius 2 is 1.72 bits per heavy atom. The summed E-state index contributed by atoms with van der Waals surface area (Å²) in [4.78, 5) is 27.3. The summed E-state index contributed by atoms with van der Waals surface area (Å²) in [6.07, 6.45) is 1.84. The van der Waals surface area contributed by atoms with E-state index < -0.39 is 6.04 Å². The number of hydrogen-bond acceptors (Lipinski definition) is 3. The number of halogens is 3. The quantitative estimate of drug-likeness (QED) is 0.409. The number of aryl methyl sites for hydroxylation is 2. The summed E-state index contributed by atoms with van der Waals surface area (Å²) in [6, 6.07) is 8.02. The molecule has 1 N–H and O–H groups in total. The fraction of sp³-hybridized carbons (Fsp3) is 0.417. The average molecular weight is 500 g/mol. The summed E-state index contributed by atoms with van der Waals surface area (Å²) >= 11 is 18.4. The van der Waals surface area contributed by atoms with Crippen molar-refractivity contribution in [2.75, 3.05) is 13.2 Å². The molecule has 0 unspecified atom stereocenters. The molecule has 0 aliphatic carbocycles. The van der Waals surface area contributed by atoms with E-state index in [2.05, 4.69) is 5.32 Å². The van der Waals surface area contributed by atoms with Crippen LogP contribution in [0.4, 0.5) is 0 Å². The Kier molecular flexibility index (Phi) is 10.1. The molecule has 0 aliphatic heterocycles. The SMILES string of the molecule is CCCCNC(=O)[C@@H](C)N(Cc1ccc(Cl)c(Cl)c1)C(=O)COc1cc(C)c(Cl)c(C)c1. The van der Waals surface area contributed by atoms with Crippen LogP contribution in [-0.2, 0) is 16.1 Å². The lowest BCUT2D eigenvalue weighted by atomic mass is 10.1. The highest BCUT2D eigenvalue weighted by molar-refractivity contribution is 6.42. The molecule has 0 radical (unpaired) electrons. The van der Waals surface area contributed by atoms with Crippen molar-refractivity contribution in [2.24, 2.45) is 0 Å². The molecule has 2 aromatic carbocycles. The number of amides is 2. The molecule has 2 amide bonds. The van der Waals surface area contributed by atoms with Crippen LogP contribution >= 0.6 is 34.8 Å². The lowest BCUT2D eigenvalue weighted by Crippen LogP contribution is -2.49. The lowest BCUT2D eigenvalue weighted by molar-refractivity contribution is -0.142. The third-order valence-corrected chi connectivity index (χ3v) is 6.44. The van der Waals surface area contributed by atoms with E-state index in [0.717, 1.165) is 29.5 Å². The first-order valence-electron chi connectivity index (χ1n) is 10.5. The lowest BCUT2D eigenvalue weighted by Gasteiger charge is -2.29. The third kappa shape index (κ3) is 7.29. The van der Waals surface area contributed by atoms with Gasteiger partial charge in [-0.25, -0.2) is 0 Å². The Morgan fingerprint density at radius 3 is 2.31 bits per heavy atom. The molecule has 2 rings (SSSR count). The number of carbonyl (C=O) groups excluding carboxylic acids is 2. The van der Waals surface area contributed by atoms with E-state index in [1.54, 1.807) is 37.3 Å². The predicted molar refractivity (Wildman–Crippen MR) is 131 cm³/mol. The van der Waals surface area contributed by atoms with Crippen molar-refractivity contribution in [1.29, 1.82) is 0 Å². The molecule has 1 atom stereocenters. The van der Waals surface area contributed by atoms with E-state index in [1.165, 1.54) is 4.90 Å². The van der Waals surface area contributed by atoms with Crippen LogP contribution in [0.2, 0.25) is 15.1 Å². The molecule has 2 aromatic rings. The Balaban J connectivity index is 2.18. The highest BCUT2D eigenvalue weighted by Gasteiger charge is 2.26. The van der Waals surface area contributed by atoms with Gasteiger partial charge in [-0.05, 0) is 68.1 Å². The van der Waals surface area contributed by atoms with E-state index in [9.17, 15) is 9.59 Å². The second-order valence-electron chi connectivity index (χ2n) is 7.75. The molecule has 0 aromatic heterocycles. The summed E-state index contributed by atoms with van der Waals surface area (Å²) in [5, 5.41) is 4.37. The third-order valence-electron chi connectivity index (χ3n) is 5.11. The molecular formula is C24H29Cl3N2O3. The van der Waals surface area contributed by atoms with Crippen molar-refractivity contribution >= 4 is 46.6 Å². The van der Waals surface area contributed by atoms with Crippen LogP contribution in [0, 0.1) is 13.8 Å². The minimum Gasteiger partial charge on any atom is -0.484 e. The second-order valence-corrected chi connectivity index (χ2v) is 8.94. The first-order chi connectivity index (χ1) is 15.1. The smallest absolute Gasteiger partial charge is 0.261 e. The average Bonchev–Trinajstić information content (AvgIpc) is 2.76. The largest absolute Gasteiger partial charge is 0.484 e. The van der Waals surface area contributed by atoms with Gasteiger partial charge in [-0.1, -0.05) is 54.2 Å². The second kappa shape index (κ2) is 12.3. The maximum atomic E-state index is 13.1. The van der Waals surface area contributed by atoms with Gasteiger partial charge in [0.05, 0.1) is 10.0 Å². The summed E-state index contributed by atoms with van der Waals surface area (Å²) in [5.74, 6) is 0.0109. The molecule has 0 bridgehead atoms. The van der Waals surface area contributed by atoms with Gasteiger partial charge in [0.1, 0.15) is 11.8 Å². The van der Waals surface area contributed by atoms with Crippen molar-refractivity contribution in [3.05, 3.63) is 62.1 Å². The van der Waals surface area contributed by atoms with E-state index in [0.29, 0.717) is 27.4 Å². The number of ether oxygens (including phenoxy) is 1. The highest BCUT2D eigenvalue weighted by Crippen LogP contribution is 2.26. The van der Waals surface area contributed by atoms with Crippen LogP contribution in [0.1, 0.15) is 43.4 Å². The van der Waals surface area contributed by atoms with Gasteiger partial charge in [-0.2, -0.15) is 0 Å². The van der Waals surface area contributed by atoms with Crippen molar-refractivity contribution in [3.63, 3.8) is 0 Å². The first-order valence-corrected chi connectivity index (χ1v) is 11.7. The molecule has 174 valence electrons. The predicted octanol–water partition coefficient (Wildman–Crippen LogP) is 5.98. The molecule has 0 saturated heterocycles. The topological polar surface area (TPSA) is 58.6 Å². The summed E-state index contributed by atoms with van der Waals surface area (Å²) < 4.78 is 5.75. The Bertz CT molecular complexity index is 942. The van der Waals surface area contributed by atoms with Crippen molar-refractivity contribution in [3.8, 4) is 5.75 Å². The van der Waals surface area contributed by atoms with Crippen LogP contribution < -0.4 is 10.1 Å². The van der Waals surface area contributed by atoms with Gasteiger partial charge in [-0.3, -0.25) is 9.59 Å². The van der Waals surface area contributed by atoms with Crippen LogP contribution in [-0.4, -0.2) is 35.9 Å². The maximum Gasteiger partial charge on any atom is 0.261 e. The number of unbranched alkanes of at least 4 members (excludes halogenated alkanes) is 1. The summed E-state index contributed by atoms with van der Waals surface area (Å²) in [5.41, 5.74) is 2.50. The molecule has 0 aliphatic rings. The van der Waals surface area contributed by atoms with Gasteiger partial charge < -0.3 is 15.0 Å². The molecule has 5 nitrogen and oxygen atoms in total. The fourth-order valence-electron chi connectivity index (χ4n) is 3.17. The van der Waals surface area contributed by atoms with Gasteiger partial charge >= 0.3 is 0 Å². The molecule has 0 fully saturated rings. The number of rotatable bonds is 10. The summed E-state index contributed by atoms with van der Waals surface area (Å²) in [6.45, 7) is 8.05. The Morgan fingerprint density at radius 1 is 1.06 bits per heavy atom. The zero-order valence-corrected chi connectivity index (χ0v) is 21.1. The van der Waals surface area contributed by atoms with Gasteiger partial charge in [0, 0.05) is 18.1 Å². The van der Waals surface area contributed by atoms with Crippen LogP contribution in [0.5, 0.6) is 5.75 Å². The minimum absolute atomic E-state index is 0.195. The van der Waals surface area contributed by atoms with Gasteiger partial charge in [0.2, 0.25) is 5.91 Å². The number of carbonyl (C=O) groups is 2. The first kappa shape index (κ1) is 26.3. The van der Waals surface area contributed by atoms with Crippen molar-refractivity contribution in [1.82, 2.24) is 10.2 Å². The summed E-state index contributed by atoms with van der Waals surface area (Å²) in [7, 11) is 0. The van der Waals surface area contributed by atoms with Crippen molar-refractivity contribution in [2.45, 2.75) is 53.1 Å². The monoisotopic (exact) mass is 498 g/mol. The molecular weight excluding hydrogens is 471 g/mol. The number of nitrogens with zero attached hydrogens (tertiary/aromatic N) is 1. The van der Waals surface area contributed by atoms with E-state index in [1.807, 2.05) is 20.8 Å².